The molecule has 22 heavy (non-hydrogen) atoms. The summed E-state index contributed by atoms with van der Waals surface area (Å²) in [5.74, 6) is 0.0501. The first-order valence-corrected chi connectivity index (χ1v) is 7.97. The molecule has 1 saturated carbocycles. The SMILES string of the molecule is COCC(NC(=O)COC1CC(C)CCC1C(C)C)C(=O)O. The first-order valence-electron chi connectivity index (χ1n) is 7.97. The van der Waals surface area contributed by atoms with E-state index in [0.717, 1.165) is 12.8 Å². The number of carboxylic acid groups (broad SMARTS) is 1. The highest BCUT2D eigenvalue weighted by atomic mass is 16.5. The van der Waals surface area contributed by atoms with Gasteiger partial charge in [-0.3, -0.25) is 4.79 Å². The molecule has 0 aromatic heterocycles. The van der Waals surface area contributed by atoms with Crippen LogP contribution < -0.4 is 5.32 Å². The van der Waals surface area contributed by atoms with Crippen molar-refractivity contribution in [2.75, 3.05) is 20.3 Å². The van der Waals surface area contributed by atoms with Crippen LogP contribution in [-0.4, -0.2) is 49.5 Å². The van der Waals surface area contributed by atoms with E-state index in [1.165, 1.54) is 13.5 Å². The molecule has 0 saturated heterocycles. The van der Waals surface area contributed by atoms with Crippen molar-refractivity contribution >= 4 is 11.9 Å². The molecule has 6 nitrogen and oxygen atoms in total. The van der Waals surface area contributed by atoms with Crippen LogP contribution in [0.1, 0.15) is 40.0 Å². The number of methoxy groups -OCH3 is 1. The Morgan fingerprint density at radius 1 is 1.32 bits per heavy atom. The van der Waals surface area contributed by atoms with E-state index in [-0.39, 0.29) is 19.3 Å². The number of carbonyl (C=O) groups excluding carboxylic acids is 1. The number of rotatable bonds is 8. The van der Waals surface area contributed by atoms with Gasteiger partial charge in [-0.1, -0.05) is 27.2 Å². The van der Waals surface area contributed by atoms with Gasteiger partial charge in [-0.15, -0.1) is 0 Å². The third kappa shape index (κ3) is 5.93. The lowest BCUT2D eigenvalue weighted by atomic mass is 9.75. The number of hydrogen-bond donors (Lipinski definition) is 2. The molecule has 0 aliphatic heterocycles. The number of hydrogen-bond acceptors (Lipinski definition) is 4. The third-order valence-electron chi connectivity index (χ3n) is 4.36. The summed E-state index contributed by atoms with van der Waals surface area (Å²) in [4.78, 5) is 22.9. The van der Waals surface area contributed by atoms with Crippen molar-refractivity contribution in [2.45, 2.75) is 52.2 Å². The Morgan fingerprint density at radius 2 is 2.00 bits per heavy atom. The normalized spacial score (nSPS) is 26.7. The number of ether oxygens (including phenoxy) is 2. The molecule has 0 radical (unpaired) electrons. The first-order chi connectivity index (χ1) is 10.3. The highest BCUT2D eigenvalue weighted by Crippen LogP contribution is 2.35. The summed E-state index contributed by atoms with van der Waals surface area (Å²) in [6.07, 6.45) is 3.34. The fourth-order valence-corrected chi connectivity index (χ4v) is 3.07. The van der Waals surface area contributed by atoms with Crippen LogP contribution >= 0.6 is 0 Å². The second-order valence-electron chi connectivity index (χ2n) is 6.59. The van der Waals surface area contributed by atoms with E-state index < -0.39 is 17.9 Å². The lowest BCUT2D eigenvalue weighted by Gasteiger charge is -2.37. The zero-order valence-corrected chi connectivity index (χ0v) is 14.0. The van der Waals surface area contributed by atoms with Crippen LogP contribution in [0.2, 0.25) is 0 Å². The molecule has 1 aliphatic rings. The number of carbonyl (C=O) groups is 2. The maximum absolute atomic E-state index is 11.9. The lowest BCUT2D eigenvalue weighted by Crippen LogP contribution is -2.46. The fourth-order valence-electron chi connectivity index (χ4n) is 3.07. The Bertz CT molecular complexity index is 372. The van der Waals surface area contributed by atoms with Gasteiger partial charge in [0, 0.05) is 7.11 Å². The quantitative estimate of drug-likeness (QED) is 0.712. The van der Waals surface area contributed by atoms with Gasteiger partial charge in [0.1, 0.15) is 6.61 Å². The summed E-state index contributed by atoms with van der Waals surface area (Å²) in [7, 11) is 1.40. The van der Waals surface area contributed by atoms with Gasteiger partial charge >= 0.3 is 5.97 Å². The molecule has 1 amide bonds. The van der Waals surface area contributed by atoms with E-state index in [0.29, 0.717) is 17.8 Å². The fraction of sp³-hybridized carbons (Fsp3) is 0.875. The molecule has 2 N–H and O–H groups in total. The molecule has 1 fully saturated rings. The van der Waals surface area contributed by atoms with E-state index in [1.54, 1.807) is 0 Å². The van der Waals surface area contributed by atoms with Crippen molar-refractivity contribution in [2.24, 2.45) is 17.8 Å². The molecule has 1 rings (SSSR count). The minimum atomic E-state index is -1.11. The molecule has 128 valence electrons. The zero-order chi connectivity index (χ0) is 16.7. The van der Waals surface area contributed by atoms with Crippen molar-refractivity contribution in [1.82, 2.24) is 5.32 Å². The van der Waals surface area contributed by atoms with Crippen molar-refractivity contribution in [3.05, 3.63) is 0 Å². The second-order valence-corrected chi connectivity index (χ2v) is 6.59. The van der Waals surface area contributed by atoms with Gasteiger partial charge < -0.3 is 19.9 Å². The molecule has 6 heteroatoms. The Hall–Kier alpha value is -1.14. The lowest BCUT2D eigenvalue weighted by molar-refractivity contribution is -0.145. The summed E-state index contributed by atoms with van der Waals surface area (Å²) in [6.45, 7) is 6.39. The molecule has 0 aromatic rings. The first kappa shape index (κ1) is 18.9. The van der Waals surface area contributed by atoms with Crippen LogP contribution in [0, 0.1) is 17.8 Å². The van der Waals surface area contributed by atoms with Crippen molar-refractivity contribution < 1.29 is 24.2 Å². The minimum absolute atomic E-state index is 0.0594. The molecule has 4 unspecified atom stereocenters. The highest BCUT2D eigenvalue weighted by molar-refractivity contribution is 5.84. The van der Waals surface area contributed by atoms with Gasteiger partial charge in [0.2, 0.25) is 5.91 Å². The molecule has 0 aromatic carbocycles. The van der Waals surface area contributed by atoms with Gasteiger partial charge in [-0.2, -0.15) is 0 Å². The summed E-state index contributed by atoms with van der Waals surface area (Å²) in [5.41, 5.74) is 0. The topological polar surface area (TPSA) is 84.9 Å². The Labute approximate surface area is 132 Å². The van der Waals surface area contributed by atoms with Gasteiger partial charge in [0.15, 0.2) is 6.04 Å². The number of nitrogens with one attached hydrogen (secondary N) is 1. The Morgan fingerprint density at radius 3 is 2.55 bits per heavy atom. The zero-order valence-electron chi connectivity index (χ0n) is 14.0. The van der Waals surface area contributed by atoms with Gasteiger partial charge in [-0.05, 0) is 30.6 Å². The van der Waals surface area contributed by atoms with E-state index in [9.17, 15) is 9.59 Å². The van der Waals surface area contributed by atoms with Crippen molar-refractivity contribution in [1.29, 1.82) is 0 Å². The highest BCUT2D eigenvalue weighted by Gasteiger charge is 2.32. The van der Waals surface area contributed by atoms with Crippen LogP contribution in [0.4, 0.5) is 0 Å². The summed E-state index contributed by atoms with van der Waals surface area (Å²) >= 11 is 0. The van der Waals surface area contributed by atoms with Crippen LogP contribution in [0.25, 0.3) is 0 Å². The van der Waals surface area contributed by atoms with Gasteiger partial charge in [-0.25, -0.2) is 4.79 Å². The van der Waals surface area contributed by atoms with Crippen LogP contribution in [0.3, 0.4) is 0 Å². The monoisotopic (exact) mass is 315 g/mol. The summed E-state index contributed by atoms with van der Waals surface area (Å²) < 4.78 is 10.6. The van der Waals surface area contributed by atoms with Gasteiger partial charge in [0.05, 0.1) is 12.7 Å². The molecule has 1 aliphatic carbocycles. The molecule has 0 spiro atoms. The Balaban J connectivity index is 2.48. The molecular formula is C16H29NO5. The molecule has 0 heterocycles. The average molecular weight is 315 g/mol. The predicted molar refractivity (Wildman–Crippen MR) is 82.5 cm³/mol. The largest absolute Gasteiger partial charge is 0.480 e. The molecule has 4 atom stereocenters. The van der Waals surface area contributed by atoms with Crippen LogP contribution in [0.15, 0.2) is 0 Å². The Kier molecular flexibility index (Phi) is 7.82. The summed E-state index contributed by atoms with van der Waals surface area (Å²) in [6, 6.07) is -1.03. The maximum atomic E-state index is 11.9. The molecular weight excluding hydrogens is 286 g/mol. The van der Waals surface area contributed by atoms with Crippen LogP contribution in [-0.2, 0) is 19.1 Å². The number of amides is 1. The minimum Gasteiger partial charge on any atom is -0.480 e. The van der Waals surface area contributed by atoms with E-state index >= 15 is 0 Å². The van der Waals surface area contributed by atoms with Gasteiger partial charge in [0.25, 0.3) is 0 Å². The number of aliphatic carboxylic acids is 1. The third-order valence-corrected chi connectivity index (χ3v) is 4.36. The second kappa shape index (κ2) is 9.10. The predicted octanol–water partition coefficient (Wildman–Crippen LogP) is 1.68. The summed E-state index contributed by atoms with van der Waals surface area (Å²) in [5, 5.41) is 11.4. The maximum Gasteiger partial charge on any atom is 0.328 e. The average Bonchev–Trinajstić information content (AvgIpc) is 2.44. The van der Waals surface area contributed by atoms with E-state index in [4.69, 9.17) is 14.6 Å². The van der Waals surface area contributed by atoms with Crippen molar-refractivity contribution in [3.8, 4) is 0 Å². The van der Waals surface area contributed by atoms with Crippen LogP contribution in [0.5, 0.6) is 0 Å². The molecule has 0 bridgehead atoms. The standard InChI is InChI=1S/C16H29NO5/c1-10(2)12-6-5-11(3)7-14(12)22-9-15(18)17-13(8-21-4)16(19)20/h10-14H,5-9H2,1-4H3,(H,17,18)(H,19,20). The smallest absolute Gasteiger partial charge is 0.328 e. The van der Waals surface area contributed by atoms with E-state index in [2.05, 4.69) is 26.1 Å². The van der Waals surface area contributed by atoms with E-state index in [1.807, 2.05) is 0 Å². The number of carboxylic acids is 1. The van der Waals surface area contributed by atoms with Crippen molar-refractivity contribution in [3.63, 3.8) is 0 Å².